The second-order valence-corrected chi connectivity index (χ2v) is 12.2. The summed E-state index contributed by atoms with van der Waals surface area (Å²) in [6.45, 7) is 13.4. The van der Waals surface area contributed by atoms with Gasteiger partial charge in [0, 0.05) is 16.7 Å². The zero-order valence-corrected chi connectivity index (χ0v) is 24.0. The van der Waals surface area contributed by atoms with E-state index in [1.54, 1.807) is 0 Å². The van der Waals surface area contributed by atoms with Gasteiger partial charge in [-0.3, -0.25) is 0 Å². The van der Waals surface area contributed by atoms with Crippen molar-refractivity contribution in [3.63, 3.8) is 0 Å². The molecule has 0 aliphatic carbocycles. The highest BCUT2D eigenvalue weighted by molar-refractivity contribution is 5.73. The van der Waals surface area contributed by atoms with E-state index >= 15 is 0 Å². The van der Waals surface area contributed by atoms with Crippen LogP contribution in [0, 0.1) is 11.3 Å². The van der Waals surface area contributed by atoms with Crippen molar-refractivity contribution >= 4 is 0 Å². The maximum atomic E-state index is 9.18. The summed E-state index contributed by atoms with van der Waals surface area (Å²) in [6, 6.07) is 34.8. The van der Waals surface area contributed by atoms with Crippen molar-refractivity contribution in [2.24, 2.45) is 0 Å². The van der Waals surface area contributed by atoms with Gasteiger partial charge in [0.05, 0.1) is 11.6 Å². The highest BCUT2D eigenvalue weighted by Gasteiger charge is 2.22. The zero-order chi connectivity index (χ0) is 28.5. The Kier molecular flexibility index (Phi) is 7.08. The van der Waals surface area contributed by atoms with Gasteiger partial charge < -0.3 is 0 Å². The number of nitrogens with zero attached hydrogens (tertiary/aromatic N) is 4. The lowest BCUT2D eigenvalue weighted by molar-refractivity contribution is 0.569. The molecule has 0 N–H and O–H groups in total. The van der Waals surface area contributed by atoms with Gasteiger partial charge in [0.15, 0.2) is 17.5 Å². The molecule has 40 heavy (non-hydrogen) atoms. The van der Waals surface area contributed by atoms with Gasteiger partial charge in [0.25, 0.3) is 0 Å². The van der Waals surface area contributed by atoms with E-state index in [4.69, 9.17) is 15.0 Å². The van der Waals surface area contributed by atoms with Crippen molar-refractivity contribution in [2.75, 3.05) is 0 Å². The van der Waals surface area contributed by atoms with E-state index in [0.717, 1.165) is 27.8 Å². The first kappa shape index (κ1) is 27.0. The molecule has 5 aromatic rings. The average molecular weight is 523 g/mol. The number of hydrogen-bond acceptors (Lipinski definition) is 4. The van der Waals surface area contributed by atoms with Gasteiger partial charge >= 0.3 is 0 Å². The largest absolute Gasteiger partial charge is 0.208 e. The molecule has 0 bridgehead atoms. The van der Waals surface area contributed by atoms with Crippen LogP contribution in [0.5, 0.6) is 0 Å². The Labute approximate surface area is 237 Å². The van der Waals surface area contributed by atoms with Gasteiger partial charge in [0.2, 0.25) is 0 Å². The maximum absolute atomic E-state index is 9.18. The van der Waals surface area contributed by atoms with Crippen LogP contribution in [0.15, 0.2) is 97.1 Å². The fraction of sp³-hybridized carbons (Fsp3) is 0.222. The summed E-state index contributed by atoms with van der Waals surface area (Å²) in [5.41, 5.74) is 8.00. The normalized spacial score (nSPS) is 11.7. The summed E-state index contributed by atoms with van der Waals surface area (Å²) in [5.74, 6) is 1.92. The van der Waals surface area contributed by atoms with Gasteiger partial charge in [-0.1, -0.05) is 108 Å². The van der Waals surface area contributed by atoms with Crippen molar-refractivity contribution in [3.05, 3.63) is 114 Å². The number of rotatable bonds is 4. The molecule has 0 fully saturated rings. The molecule has 0 unspecified atom stereocenters. The van der Waals surface area contributed by atoms with Crippen molar-refractivity contribution in [2.45, 2.75) is 52.4 Å². The van der Waals surface area contributed by atoms with Gasteiger partial charge in [-0.2, -0.15) is 5.26 Å². The zero-order valence-electron chi connectivity index (χ0n) is 24.0. The van der Waals surface area contributed by atoms with Crippen LogP contribution >= 0.6 is 0 Å². The first-order valence-corrected chi connectivity index (χ1v) is 13.6. The van der Waals surface area contributed by atoms with Crippen molar-refractivity contribution in [1.29, 1.82) is 5.26 Å². The van der Waals surface area contributed by atoms with Gasteiger partial charge in [-0.15, -0.1) is 0 Å². The summed E-state index contributed by atoms with van der Waals surface area (Å²) >= 11 is 0. The molecule has 0 aliphatic heterocycles. The molecule has 1 aromatic heterocycles. The summed E-state index contributed by atoms with van der Waals surface area (Å²) < 4.78 is 0. The van der Waals surface area contributed by atoms with E-state index in [-0.39, 0.29) is 10.8 Å². The third kappa shape index (κ3) is 5.84. The molecule has 0 atom stereocenters. The molecule has 5 rings (SSSR count). The molecular weight excluding hydrogens is 488 g/mol. The molecule has 0 amide bonds. The molecule has 4 heteroatoms. The summed E-state index contributed by atoms with van der Waals surface area (Å²) in [6.07, 6.45) is 0. The van der Waals surface area contributed by atoms with E-state index in [1.165, 1.54) is 11.1 Å². The number of nitriles is 1. The lowest BCUT2D eigenvalue weighted by Gasteiger charge is -2.26. The molecule has 0 aliphatic rings. The van der Waals surface area contributed by atoms with Crippen molar-refractivity contribution < 1.29 is 0 Å². The SMILES string of the molecule is CC(C)(C)c1cc(-c2nc(-c3ccccc3)nc(-c3cccc(-c4ccc(C#N)cc4)c3)n2)cc(C(C)(C)C)c1. The Bertz CT molecular complexity index is 1670. The Morgan fingerprint density at radius 3 is 1.52 bits per heavy atom. The highest BCUT2D eigenvalue weighted by Crippen LogP contribution is 2.34. The molecule has 0 spiro atoms. The lowest BCUT2D eigenvalue weighted by atomic mass is 9.79. The van der Waals surface area contributed by atoms with E-state index < -0.39 is 0 Å². The molecule has 0 saturated heterocycles. The third-order valence-electron chi connectivity index (χ3n) is 7.06. The maximum Gasteiger partial charge on any atom is 0.164 e. The van der Waals surface area contributed by atoms with E-state index in [9.17, 15) is 5.26 Å². The molecular formula is C36H34N4. The minimum absolute atomic E-state index is 0.0242. The van der Waals surface area contributed by atoms with Crippen molar-refractivity contribution in [3.8, 4) is 51.4 Å². The van der Waals surface area contributed by atoms with Crippen LogP contribution in [0.4, 0.5) is 0 Å². The van der Waals surface area contributed by atoms with E-state index in [2.05, 4.69) is 77.9 Å². The predicted octanol–water partition coefficient (Wildman–Crippen LogP) is 9.01. The van der Waals surface area contributed by atoms with Crippen LogP contribution in [0.2, 0.25) is 0 Å². The minimum Gasteiger partial charge on any atom is -0.208 e. The smallest absolute Gasteiger partial charge is 0.164 e. The summed E-state index contributed by atoms with van der Waals surface area (Å²) in [4.78, 5) is 15.0. The quantitative estimate of drug-likeness (QED) is 0.236. The average Bonchev–Trinajstić information content (AvgIpc) is 2.96. The molecule has 0 radical (unpaired) electrons. The standard InChI is InChI=1S/C36H34N4/c1-35(2,3)30-20-29(21-31(22-30)36(4,5)6)34-39-32(26-11-8-7-9-12-26)38-33(40-34)28-14-10-13-27(19-28)25-17-15-24(23-37)16-18-25/h7-22H,1-6H3. The molecule has 198 valence electrons. The van der Waals surface area contributed by atoms with Crippen LogP contribution in [-0.2, 0) is 10.8 Å². The van der Waals surface area contributed by atoms with Crippen molar-refractivity contribution in [1.82, 2.24) is 15.0 Å². The Morgan fingerprint density at radius 1 is 0.475 bits per heavy atom. The summed E-state index contributed by atoms with van der Waals surface area (Å²) in [5, 5.41) is 9.18. The topological polar surface area (TPSA) is 62.5 Å². The van der Waals surface area contributed by atoms with Gasteiger partial charge in [-0.05, 0) is 63.4 Å². The second-order valence-electron chi connectivity index (χ2n) is 12.2. The van der Waals surface area contributed by atoms with Crippen LogP contribution in [0.25, 0.3) is 45.3 Å². The number of hydrogen-bond donors (Lipinski definition) is 0. The summed E-state index contributed by atoms with van der Waals surface area (Å²) in [7, 11) is 0. The first-order valence-electron chi connectivity index (χ1n) is 13.6. The third-order valence-corrected chi connectivity index (χ3v) is 7.06. The van der Waals surface area contributed by atoms with E-state index in [1.807, 2.05) is 66.7 Å². The molecule has 0 saturated carbocycles. The van der Waals surface area contributed by atoms with Crippen LogP contribution < -0.4 is 0 Å². The van der Waals surface area contributed by atoms with Crippen LogP contribution in [0.3, 0.4) is 0 Å². The van der Waals surface area contributed by atoms with Gasteiger partial charge in [0.1, 0.15) is 0 Å². The van der Waals surface area contributed by atoms with Gasteiger partial charge in [-0.25, -0.2) is 15.0 Å². The highest BCUT2D eigenvalue weighted by atomic mass is 15.0. The van der Waals surface area contributed by atoms with Crippen LogP contribution in [0.1, 0.15) is 58.2 Å². The molecule has 1 heterocycles. The number of aromatic nitrogens is 3. The fourth-order valence-corrected chi connectivity index (χ4v) is 4.55. The number of benzene rings is 4. The second kappa shape index (κ2) is 10.5. The van der Waals surface area contributed by atoms with Crippen LogP contribution in [-0.4, -0.2) is 15.0 Å². The molecule has 4 aromatic carbocycles. The lowest BCUT2D eigenvalue weighted by Crippen LogP contribution is -2.16. The van der Waals surface area contributed by atoms with E-state index in [0.29, 0.717) is 23.0 Å². The first-order chi connectivity index (χ1) is 19.0. The Balaban J connectivity index is 1.70. The minimum atomic E-state index is -0.0242. The molecule has 4 nitrogen and oxygen atoms in total. The predicted molar refractivity (Wildman–Crippen MR) is 164 cm³/mol. The monoisotopic (exact) mass is 522 g/mol. The fourth-order valence-electron chi connectivity index (χ4n) is 4.55. The Morgan fingerprint density at radius 2 is 0.975 bits per heavy atom. The Hall–Kier alpha value is -4.62.